The summed E-state index contributed by atoms with van der Waals surface area (Å²) in [5.41, 5.74) is 2.32. The van der Waals surface area contributed by atoms with E-state index in [1.807, 2.05) is 31.2 Å². The van der Waals surface area contributed by atoms with Gasteiger partial charge in [-0.15, -0.1) is 0 Å². The first kappa shape index (κ1) is 22.5. The highest BCUT2D eigenvalue weighted by Gasteiger charge is 2.48. The molecule has 10 nitrogen and oxygen atoms in total. The molecule has 0 spiro atoms. The monoisotopic (exact) mass is 467 g/mol. The smallest absolute Gasteiger partial charge is 0.325 e. The number of nitro groups is 1. The van der Waals surface area contributed by atoms with E-state index >= 15 is 0 Å². The maximum atomic E-state index is 12.7. The summed E-state index contributed by atoms with van der Waals surface area (Å²) < 4.78 is 0. The summed E-state index contributed by atoms with van der Waals surface area (Å²) >= 11 is 1.17. The highest BCUT2D eigenvalue weighted by atomic mass is 32.2. The third kappa shape index (κ3) is 4.58. The number of likely N-dealkylation sites (N-methyl/N-ethyl adjacent to an activating group) is 1. The number of Topliss-reactive ketones (excluding diaryl/α,β-unsaturated/α-hetero) is 1. The molecule has 1 N–H and O–H groups in total. The Hall–Kier alpha value is -3.73. The molecule has 0 radical (unpaired) electrons. The van der Waals surface area contributed by atoms with Gasteiger partial charge in [-0.05, 0) is 24.6 Å². The summed E-state index contributed by atoms with van der Waals surface area (Å²) in [6.07, 6.45) is -0.686. The number of aliphatic imine (C=N–C) groups is 1. The van der Waals surface area contributed by atoms with Crippen molar-refractivity contribution in [1.82, 2.24) is 15.1 Å². The first-order chi connectivity index (χ1) is 15.7. The molecule has 4 rings (SSSR count). The van der Waals surface area contributed by atoms with Crippen LogP contribution in [0.1, 0.15) is 21.5 Å². The van der Waals surface area contributed by atoms with Gasteiger partial charge in [0, 0.05) is 31.3 Å². The van der Waals surface area contributed by atoms with Crippen LogP contribution in [0.4, 0.5) is 10.5 Å². The van der Waals surface area contributed by atoms with Crippen LogP contribution in [-0.4, -0.2) is 62.6 Å². The van der Waals surface area contributed by atoms with Gasteiger partial charge in [-0.3, -0.25) is 25.0 Å². The molecule has 0 bridgehead atoms. The highest BCUT2D eigenvalue weighted by Crippen LogP contribution is 2.30. The number of non-ortho nitro benzene ring substituents is 1. The zero-order chi connectivity index (χ0) is 23.7. The Morgan fingerprint density at radius 1 is 1.15 bits per heavy atom. The minimum atomic E-state index is -0.703. The molecular formula is C22H21N5O5S. The fourth-order valence-electron chi connectivity index (χ4n) is 3.66. The first-order valence-corrected chi connectivity index (χ1v) is 11.1. The zero-order valence-corrected chi connectivity index (χ0v) is 18.7. The molecule has 0 saturated carbocycles. The van der Waals surface area contributed by atoms with Crippen LogP contribution in [0.2, 0.25) is 0 Å². The summed E-state index contributed by atoms with van der Waals surface area (Å²) in [6.45, 7) is 2.37. The molecular weight excluding hydrogens is 446 g/mol. The van der Waals surface area contributed by atoms with Gasteiger partial charge in [0.1, 0.15) is 0 Å². The quantitative estimate of drug-likeness (QED) is 0.393. The van der Waals surface area contributed by atoms with Gasteiger partial charge in [0.2, 0.25) is 0 Å². The van der Waals surface area contributed by atoms with Crippen LogP contribution in [0.25, 0.3) is 0 Å². The van der Waals surface area contributed by atoms with E-state index < -0.39 is 29.1 Å². The van der Waals surface area contributed by atoms with Crippen molar-refractivity contribution in [2.24, 2.45) is 4.99 Å². The van der Waals surface area contributed by atoms with Gasteiger partial charge in [-0.1, -0.05) is 41.6 Å². The summed E-state index contributed by atoms with van der Waals surface area (Å²) in [5.74, 6) is -0.632. The van der Waals surface area contributed by atoms with E-state index in [1.54, 1.807) is 11.9 Å². The van der Waals surface area contributed by atoms with Gasteiger partial charge in [-0.2, -0.15) is 0 Å². The van der Waals surface area contributed by atoms with Gasteiger partial charge in [0.25, 0.3) is 11.6 Å². The molecule has 11 heteroatoms. The maximum Gasteiger partial charge on any atom is 0.325 e. The molecule has 2 unspecified atom stereocenters. The molecule has 0 aliphatic carbocycles. The fraction of sp³-hybridized carbons (Fsp3) is 0.273. The average molecular weight is 468 g/mol. The Bertz CT molecular complexity index is 1150. The van der Waals surface area contributed by atoms with Gasteiger partial charge >= 0.3 is 6.03 Å². The standard InChI is InChI=1S/C22H21N5O5S/c1-13-3-5-14(6-4-13)11-26-18-19(25(2)21(30)24-20(18)29)23-22(26)33-12-17(28)15-7-9-16(10-8-15)27(31)32/h3-10,18-19H,11-12H2,1-2H3,(H,24,29,30). The Balaban J connectivity index is 1.54. The van der Waals surface area contributed by atoms with Crippen LogP contribution in [0, 0.1) is 17.0 Å². The van der Waals surface area contributed by atoms with Crippen LogP contribution >= 0.6 is 11.8 Å². The van der Waals surface area contributed by atoms with Gasteiger partial charge in [-0.25, -0.2) is 9.79 Å². The van der Waals surface area contributed by atoms with Crippen molar-refractivity contribution in [3.8, 4) is 0 Å². The number of benzene rings is 2. The zero-order valence-electron chi connectivity index (χ0n) is 17.9. The SMILES string of the molecule is Cc1ccc(CN2C(SCC(=O)c3ccc([N+](=O)[O-])cc3)=NC3C2C(=O)NC(=O)N3C)cc1. The topological polar surface area (TPSA) is 125 Å². The number of aryl methyl sites for hydroxylation is 1. The van der Waals surface area contributed by atoms with E-state index in [-0.39, 0.29) is 17.2 Å². The second kappa shape index (κ2) is 9.02. The lowest BCUT2D eigenvalue weighted by Crippen LogP contribution is -2.63. The number of hydrogen-bond acceptors (Lipinski definition) is 8. The number of amidine groups is 1. The van der Waals surface area contributed by atoms with Crippen molar-refractivity contribution in [3.63, 3.8) is 0 Å². The molecule has 170 valence electrons. The Kier molecular flexibility index (Phi) is 6.14. The average Bonchev–Trinajstić information content (AvgIpc) is 3.16. The Morgan fingerprint density at radius 3 is 2.45 bits per heavy atom. The molecule has 0 aromatic heterocycles. The third-order valence-corrected chi connectivity index (χ3v) is 6.53. The highest BCUT2D eigenvalue weighted by molar-refractivity contribution is 8.14. The predicted molar refractivity (Wildman–Crippen MR) is 123 cm³/mol. The van der Waals surface area contributed by atoms with E-state index in [2.05, 4.69) is 10.3 Å². The fourth-order valence-corrected chi connectivity index (χ4v) is 4.61. The largest absolute Gasteiger partial charge is 0.331 e. The number of nitrogens with zero attached hydrogens (tertiary/aromatic N) is 4. The molecule has 2 heterocycles. The van der Waals surface area contributed by atoms with Crippen LogP contribution in [-0.2, 0) is 11.3 Å². The van der Waals surface area contributed by atoms with Crippen molar-refractivity contribution >= 4 is 40.3 Å². The van der Waals surface area contributed by atoms with Crippen LogP contribution in [0.15, 0.2) is 53.5 Å². The number of carbonyl (C=O) groups is 3. The van der Waals surface area contributed by atoms with E-state index in [0.29, 0.717) is 17.3 Å². The van der Waals surface area contributed by atoms with Gasteiger partial charge in [0.05, 0.1) is 10.7 Å². The summed E-state index contributed by atoms with van der Waals surface area (Å²) in [5, 5.41) is 13.7. The molecule has 2 aliphatic heterocycles. The minimum Gasteiger partial charge on any atom is -0.331 e. The number of rotatable bonds is 6. The van der Waals surface area contributed by atoms with Crippen molar-refractivity contribution in [1.29, 1.82) is 0 Å². The molecule has 2 aromatic carbocycles. The number of thioether (sulfide) groups is 1. The molecule has 2 atom stereocenters. The summed E-state index contributed by atoms with van der Waals surface area (Å²) in [4.78, 5) is 55.5. The molecule has 1 saturated heterocycles. The van der Waals surface area contributed by atoms with E-state index in [0.717, 1.165) is 11.1 Å². The Labute approximate surface area is 193 Å². The molecule has 3 amide bonds. The number of urea groups is 1. The lowest BCUT2D eigenvalue weighted by Gasteiger charge is -2.36. The molecule has 2 aliphatic rings. The number of imide groups is 1. The number of nitro benzene ring substituents is 1. The third-order valence-electron chi connectivity index (χ3n) is 5.53. The van der Waals surface area contributed by atoms with Crippen LogP contribution in [0.5, 0.6) is 0 Å². The molecule has 2 aromatic rings. The number of hydrogen-bond donors (Lipinski definition) is 1. The lowest BCUT2D eigenvalue weighted by atomic mass is 10.1. The first-order valence-electron chi connectivity index (χ1n) is 10.1. The second-order valence-corrected chi connectivity index (χ2v) is 8.75. The number of nitrogens with one attached hydrogen (secondary N) is 1. The summed E-state index contributed by atoms with van der Waals surface area (Å²) in [7, 11) is 1.57. The van der Waals surface area contributed by atoms with Crippen LogP contribution in [0.3, 0.4) is 0 Å². The van der Waals surface area contributed by atoms with Gasteiger partial charge in [0.15, 0.2) is 23.2 Å². The van der Waals surface area contributed by atoms with Crippen molar-refractivity contribution in [3.05, 3.63) is 75.3 Å². The van der Waals surface area contributed by atoms with Crippen LogP contribution < -0.4 is 5.32 Å². The second-order valence-electron chi connectivity index (χ2n) is 7.80. The molecule has 33 heavy (non-hydrogen) atoms. The van der Waals surface area contributed by atoms with Crippen molar-refractivity contribution in [2.75, 3.05) is 12.8 Å². The number of fused-ring (bicyclic) bond motifs is 1. The summed E-state index contributed by atoms with van der Waals surface area (Å²) in [6, 6.07) is 12.1. The maximum absolute atomic E-state index is 12.7. The van der Waals surface area contributed by atoms with Crippen molar-refractivity contribution in [2.45, 2.75) is 25.7 Å². The number of ketones is 1. The Morgan fingerprint density at radius 2 is 1.82 bits per heavy atom. The van der Waals surface area contributed by atoms with E-state index in [4.69, 9.17) is 0 Å². The predicted octanol–water partition coefficient (Wildman–Crippen LogP) is 2.57. The van der Waals surface area contributed by atoms with Gasteiger partial charge < -0.3 is 9.80 Å². The normalized spacial score (nSPS) is 19.8. The van der Waals surface area contributed by atoms with E-state index in [1.165, 1.54) is 40.9 Å². The lowest BCUT2D eigenvalue weighted by molar-refractivity contribution is -0.384. The number of amides is 3. The molecule has 1 fully saturated rings. The number of carbonyl (C=O) groups excluding carboxylic acids is 3. The van der Waals surface area contributed by atoms with Crippen molar-refractivity contribution < 1.29 is 19.3 Å². The van der Waals surface area contributed by atoms with E-state index in [9.17, 15) is 24.5 Å². The minimum absolute atomic E-state index is 0.0275.